The molecule has 0 saturated carbocycles. The summed E-state index contributed by atoms with van der Waals surface area (Å²) in [6.45, 7) is 6.49. The molecular formula is C10H23ClN2O3S. The second kappa shape index (κ2) is 8.26. The molecule has 2 N–H and O–H groups in total. The van der Waals surface area contributed by atoms with E-state index in [1.807, 2.05) is 6.92 Å². The number of hydrogen-bond acceptors (Lipinski definition) is 4. The first kappa shape index (κ1) is 17.1. The van der Waals surface area contributed by atoms with Crippen molar-refractivity contribution in [2.45, 2.75) is 26.3 Å². The number of nitrogens with one attached hydrogen (secondary N) is 2. The molecule has 0 bridgehead atoms. The van der Waals surface area contributed by atoms with Crippen LogP contribution >= 0.6 is 12.4 Å². The van der Waals surface area contributed by atoms with E-state index >= 15 is 0 Å². The van der Waals surface area contributed by atoms with Crippen LogP contribution in [0.1, 0.15) is 20.3 Å². The summed E-state index contributed by atoms with van der Waals surface area (Å²) in [6, 6.07) is 0.0628. The Balaban J connectivity index is 0.00000256. The van der Waals surface area contributed by atoms with Crippen LogP contribution in [0.3, 0.4) is 0 Å². The van der Waals surface area contributed by atoms with Crippen LogP contribution in [0, 0.1) is 5.92 Å². The monoisotopic (exact) mass is 286 g/mol. The molecule has 2 unspecified atom stereocenters. The Morgan fingerprint density at radius 2 is 2.18 bits per heavy atom. The molecule has 1 fully saturated rings. The van der Waals surface area contributed by atoms with Gasteiger partial charge in [0.25, 0.3) is 0 Å². The summed E-state index contributed by atoms with van der Waals surface area (Å²) in [7, 11) is -3.19. The Morgan fingerprint density at radius 3 is 2.76 bits per heavy atom. The van der Waals surface area contributed by atoms with E-state index in [0.717, 1.165) is 19.5 Å². The molecule has 0 aromatic heterocycles. The van der Waals surface area contributed by atoms with Gasteiger partial charge < -0.3 is 10.1 Å². The van der Waals surface area contributed by atoms with Crippen molar-refractivity contribution in [1.29, 1.82) is 0 Å². The maximum atomic E-state index is 11.7. The van der Waals surface area contributed by atoms with Crippen LogP contribution in [0.15, 0.2) is 0 Å². The molecule has 0 aliphatic carbocycles. The number of halogens is 1. The Bertz CT molecular complexity index is 298. The number of sulfonamides is 1. The summed E-state index contributed by atoms with van der Waals surface area (Å²) in [5.74, 6) is 0.396. The highest BCUT2D eigenvalue weighted by atomic mass is 35.5. The summed E-state index contributed by atoms with van der Waals surface area (Å²) in [4.78, 5) is 0. The zero-order valence-corrected chi connectivity index (χ0v) is 12.1. The summed E-state index contributed by atoms with van der Waals surface area (Å²) in [5, 5.41) is 3.24. The van der Waals surface area contributed by atoms with Crippen LogP contribution in [0.2, 0.25) is 0 Å². The van der Waals surface area contributed by atoms with Gasteiger partial charge in [0.2, 0.25) is 10.0 Å². The van der Waals surface area contributed by atoms with Gasteiger partial charge in [-0.3, -0.25) is 0 Å². The lowest BCUT2D eigenvalue weighted by Gasteiger charge is -2.29. The summed E-state index contributed by atoms with van der Waals surface area (Å²) < 4.78 is 31.2. The van der Waals surface area contributed by atoms with Crippen molar-refractivity contribution >= 4 is 22.4 Å². The van der Waals surface area contributed by atoms with Crippen LogP contribution in [-0.2, 0) is 14.8 Å². The lowest BCUT2D eigenvalue weighted by Crippen LogP contribution is -2.49. The van der Waals surface area contributed by atoms with Gasteiger partial charge in [-0.05, 0) is 32.4 Å². The Hall–Kier alpha value is 0.120. The first-order chi connectivity index (χ1) is 7.55. The first-order valence-electron chi connectivity index (χ1n) is 5.83. The third kappa shape index (κ3) is 6.57. The maximum absolute atomic E-state index is 11.7. The van der Waals surface area contributed by atoms with Crippen molar-refractivity contribution in [3.63, 3.8) is 0 Å². The molecule has 7 heteroatoms. The molecule has 1 rings (SSSR count). The van der Waals surface area contributed by atoms with E-state index < -0.39 is 10.0 Å². The molecule has 17 heavy (non-hydrogen) atoms. The van der Waals surface area contributed by atoms with Gasteiger partial charge >= 0.3 is 0 Å². The zero-order chi connectivity index (χ0) is 12.0. The molecule has 5 nitrogen and oxygen atoms in total. The van der Waals surface area contributed by atoms with Gasteiger partial charge in [-0.15, -0.1) is 12.4 Å². The number of rotatable bonds is 6. The topological polar surface area (TPSA) is 67.4 Å². The molecule has 0 amide bonds. The summed E-state index contributed by atoms with van der Waals surface area (Å²) in [5.41, 5.74) is 0. The van der Waals surface area contributed by atoms with E-state index in [2.05, 4.69) is 17.0 Å². The molecular weight excluding hydrogens is 264 g/mol. The first-order valence-corrected chi connectivity index (χ1v) is 7.49. The van der Waals surface area contributed by atoms with Crippen molar-refractivity contribution in [1.82, 2.24) is 10.0 Å². The van der Waals surface area contributed by atoms with Gasteiger partial charge in [-0.25, -0.2) is 13.1 Å². The predicted molar refractivity (Wildman–Crippen MR) is 71.1 cm³/mol. The molecule has 0 radical (unpaired) electrons. The fraction of sp³-hybridized carbons (Fsp3) is 1.00. The van der Waals surface area contributed by atoms with Gasteiger partial charge in [-0.2, -0.15) is 0 Å². The molecule has 1 aliphatic rings. The third-order valence-corrected chi connectivity index (χ3v) is 4.18. The van der Waals surface area contributed by atoms with Crippen molar-refractivity contribution < 1.29 is 13.2 Å². The average molecular weight is 287 g/mol. The quantitative estimate of drug-likeness (QED) is 0.692. The van der Waals surface area contributed by atoms with Crippen LogP contribution in [0.4, 0.5) is 0 Å². The van der Waals surface area contributed by atoms with Crippen LogP contribution < -0.4 is 10.0 Å². The Morgan fingerprint density at radius 1 is 1.47 bits per heavy atom. The minimum atomic E-state index is -3.19. The fourth-order valence-electron chi connectivity index (χ4n) is 1.79. The highest BCUT2D eigenvalue weighted by Gasteiger charge is 2.25. The molecule has 1 saturated heterocycles. The van der Waals surface area contributed by atoms with E-state index in [1.165, 1.54) is 0 Å². The third-order valence-electron chi connectivity index (χ3n) is 2.82. The molecule has 0 spiro atoms. The van der Waals surface area contributed by atoms with Crippen molar-refractivity contribution in [2.24, 2.45) is 5.92 Å². The highest BCUT2D eigenvalue weighted by Crippen LogP contribution is 2.11. The zero-order valence-electron chi connectivity index (χ0n) is 10.4. The average Bonchev–Trinajstić information content (AvgIpc) is 2.21. The number of hydrogen-bond donors (Lipinski definition) is 2. The minimum Gasteiger partial charge on any atom is -0.381 e. The van der Waals surface area contributed by atoms with E-state index in [0.29, 0.717) is 12.5 Å². The van der Waals surface area contributed by atoms with E-state index in [1.54, 1.807) is 0 Å². The lowest BCUT2D eigenvalue weighted by atomic mass is 9.97. The van der Waals surface area contributed by atoms with Gasteiger partial charge in [0.05, 0.1) is 12.4 Å². The van der Waals surface area contributed by atoms with Crippen molar-refractivity contribution in [2.75, 3.05) is 32.1 Å². The second-order valence-electron chi connectivity index (χ2n) is 4.21. The largest absolute Gasteiger partial charge is 0.381 e. The molecule has 104 valence electrons. The van der Waals surface area contributed by atoms with Crippen LogP contribution in [0.5, 0.6) is 0 Å². The molecule has 0 aromatic rings. The molecule has 1 aliphatic heterocycles. The van der Waals surface area contributed by atoms with Crippen molar-refractivity contribution in [3.8, 4) is 0 Å². The van der Waals surface area contributed by atoms with Gasteiger partial charge in [0.1, 0.15) is 0 Å². The summed E-state index contributed by atoms with van der Waals surface area (Å²) in [6.07, 6.45) is 0.856. The van der Waals surface area contributed by atoms with E-state index in [4.69, 9.17) is 4.74 Å². The standard InChI is InChI=1S/C10H22N2O3S.ClH/c1-3-15-6-7-16(13,14)12-10-4-5-11-8-9(10)2;/h9-12H,3-8H2,1-2H3;1H. The lowest BCUT2D eigenvalue weighted by molar-refractivity contribution is 0.163. The molecule has 2 atom stereocenters. The predicted octanol–water partition coefficient (Wildman–Crippen LogP) is 0.362. The fourth-order valence-corrected chi connectivity index (χ4v) is 3.06. The van der Waals surface area contributed by atoms with Crippen LogP contribution in [-0.4, -0.2) is 46.5 Å². The molecule has 0 aromatic carbocycles. The minimum absolute atomic E-state index is 0. The Kier molecular flexibility index (Phi) is 8.32. The van der Waals surface area contributed by atoms with Gasteiger partial charge in [-0.1, -0.05) is 6.92 Å². The summed E-state index contributed by atoms with van der Waals surface area (Å²) >= 11 is 0. The maximum Gasteiger partial charge on any atom is 0.214 e. The van der Waals surface area contributed by atoms with E-state index in [9.17, 15) is 8.42 Å². The smallest absolute Gasteiger partial charge is 0.214 e. The normalized spacial score (nSPS) is 25.3. The number of piperidine rings is 1. The van der Waals surface area contributed by atoms with Gasteiger partial charge in [0, 0.05) is 12.6 Å². The number of ether oxygens (including phenoxy) is 1. The van der Waals surface area contributed by atoms with E-state index in [-0.39, 0.29) is 30.8 Å². The Labute approximate surface area is 110 Å². The second-order valence-corrected chi connectivity index (χ2v) is 6.08. The van der Waals surface area contributed by atoms with Gasteiger partial charge in [0.15, 0.2) is 0 Å². The molecule has 1 heterocycles. The van der Waals surface area contributed by atoms with Crippen molar-refractivity contribution in [3.05, 3.63) is 0 Å². The SMILES string of the molecule is CCOCCS(=O)(=O)NC1CCNCC1C.Cl. The van der Waals surface area contributed by atoms with Crippen LogP contribution in [0.25, 0.3) is 0 Å². The highest BCUT2D eigenvalue weighted by molar-refractivity contribution is 7.89.